The number of halogens is 1. The highest BCUT2D eigenvalue weighted by Gasteiger charge is 2.42. The number of allylic oxidation sites excluding steroid dienone is 3. The second-order valence-corrected chi connectivity index (χ2v) is 11.3. The molecule has 0 spiro atoms. The van der Waals surface area contributed by atoms with Gasteiger partial charge in [0.15, 0.2) is 5.78 Å². The lowest BCUT2D eigenvalue weighted by Crippen LogP contribution is -2.38. The predicted molar refractivity (Wildman–Crippen MR) is 130 cm³/mol. The highest BCUT2D eigenvalue weighted by atomic mass is 79.9. The Labute approximate surface area is 203 Å². The molecule has 2 aromatic heterocycles. The van der Waals surface area contributed by atoms with E-state index in [0.717, 1.165) is 57.7 Å². The van der Waals surface area contributed by atoms with E-state index in [1.807, 2.05) is 16.3 Å². The van der Waals surface area contributed by atoms with Crippen LogP contribution in [0.3, 0.4) is 0 Å². The van der Waals surface area contributed by atoms with Gasteiger partial charge in [0, 0.05) is 37.3 Å². The molecule has 3 heterocycles. The Kier molecular flexibility index (Phi) is 5.71. The standard InChI is InChI=1S/C24H21BrN4OS2/c25-13-9-20(31-12-13)21-16(11-27)23(28)29(17-6-4-7-18(30)22(17)21)24-15(10-26)14-5-2-1-3-8-19(14)32-24/h9,12,21H,1-8,28H2/t21-/m0/s1. The summed E-state index contributed by atoms with van der Waals surface area (Å²) >= 11 is 6.63. The number of nitrogens with two attached hydrogens (primary N) is 1. The zero-order valence-electron chi connectivity index (χ0n) is 17.4. The number of anilines is 1. The van der Waals surface area contributed by atoms with Crippen LogP contribution in [-0.4, -0.2) is 5.78 Å². The van der Waals surface area contributed by atoms with Crippen LogP contribution in [0, 0.1) is 22.7 Å². The average molecular weight is 525 g/mol. The van der Waals surface area contributed by atoms with Crippen molar-refractivity contribution in [2.24, 2.45) is 5.73 Å². The average Bonchev–Trinajstić information content (AvgIpc) is 3.28. The Morgan fingerprint density at radius 1 is 1.09 bits per heavy atom. The number of rotatable bonds is 2. The van der Waals surface area contributed by atoms with Gasteiger partial charge in [0.2, 0.25) is 0 Å². The molecule has 0 bridgehead atoms. The van der Waals surface area contributed by atoms with Crippen LogP contribution >= 0.6 is 38.6 Å². The number of ketones is 1. The number of nitrogens with zero attached hydrogens (tertiary/aromatic N) is 3. The molecule has 0 fully saturated rings. The molecule has 0 saturated carbocycles. The summed E-state index contributed by atoms with van der Waals surface area (Å²) in [5.74, 6) is -0.0234. The molecule has 162 valence electrons. The van der Waals surface area contributed by atoms with E-state index in [4.69, 9.17) is 5.73 Å². The maximum absolute atomic E-state index is 13.2. The number of hydrogen-bond donors (Lipinski definition) is 1. The van der Waals surface area contributed by atoms with E-state index in [0.29, 0.717) is 35.4 Å². The topological polar surface area (TPSA) is 93.9 Å². The molecular formula is C24H21BrN4OS2. The molecule has 3 aliphatic rings. The zero-order chi connectivity index (χ0) is 22.4. The van der Waals surface area contributed by atoms with Gasteiger partial charge in [0.25, 0.3) is 0 Å². The summed E-state index contributed by atoms with van der Waals surface area (Å²) in [6.45, 7) is 0. The lowest BCUT2D eigenvalue weighted by molar-refractivity contribution is -0.116. The van der Waals surface area contributed by atoms with Crippen molar-refractivity contribution in [3.8, 4) is 12.1 Å². The summed E-state index contributed by atoms with van der Waals surface area (Å²) in [7, 11) is 0. The van der Waals surface area contributed by atoms with Gasteiger partial charge >= 0.3 is 0 Å². The van der Waals surface area contributed by atoms with Crippen LogP contribution in [0.2, 0.25) is 0 Å². The van der Waals surface area contributed by atoms with Crippen LogP contribution in [0.4, 0.5) is 5.00 Å². The van der Waals surface area contributed by atoms with Gasteiger partial charge in [-0.3, -0.25) is 9.69 Å². The molecule has 0 radical (unpaired) electrons. The van der Waals surface area contributed by atoms with Crippen LogP contribution in [0.15, 0.2) is 38.6 Å². The summed E-state index contributed by atoms with van der Waals surface area (Å²) < 4.78 is 0.926. The van der Waals surface area contributed by atoms with Gasteiger partial charge < -0.3 is 5.73 Å². The first-order valence-corrected chi connectivity index (χ1v) is 13.3. The molecule has 2 aliphatic carbocycles. The van der Waals surface area contributed by atoms with Crippen molar-refractivity contribution in [2.45, 2.75) is 57.3 Å². The number of nitriles is 2. The number of carbonyl (C=O) groups is 1. The van der Waals surface area contributed by atoms with Crippen molar-refractivity contribution >= 4 is 49.4 Å². The molecule has 1 atom stereocenters. The SMILES string of the molecule is N#CC1=C(N)N(c2sc3c(c2C#N)CCCCC3)C2=C(C(=O)CCC2)[C@@H]1c1cc(Br)cs1. The van der Waals surface area contributed by atoms with Crippen molar-refractivity contribution in [1.82, 2.24) is 0 Å². The third kappa shape index (κ3) is 3.33. The highest BCUT2D eigenvalue weighted by Crippen LogP contribution is 2.50. The first-order valence-electron chi connectivity index (χ1n) is 10.8. The van der Waals surface area contributed by atoms with Crippen molar-refractivity contribution in [1.29, 1.82) is 10.5 Å². The number of Topliss-reactive ketones (excluding diaryl/α,β-unsaturated/α-hetero) is 1. The van der Waals surface area contributed by atoms with Crippen LogP contribution in [0.5, 0.6) is 0 Å². The van der Waals surface area contributed by atoms with E-state index in [1.54, 1.807) is 11.3 Å². The second kappa shape index (κ2) is 8.51. The van der Waals surface area contributed by atoms with Gasteiger partial charge in [0.05, 0.1) is 23.1 Å². The van der Waals surface area contributed by atoms with Crippen LogP contribution in [0.1, 0.15) is 65.3 Å². The minimum Gasteiger partial charge on any atom is -0.384 e. The van der Waals surface area contributed by atoms with Crippen LogP contribution in [-0.2, 0) is 17.6 Å². The number of carbonyl (C=O) groups excluding carboxylic acids is 1. The van der Waals surface area contributed by atoms with E-state index < -0.39 is 5.92 Å². The summed E-state index contributed by atoms with van der Waals surface area (Å²) in [5, 5.41) is 23.0. The molecular weight excluding hydrogens is 504 g/mol. The summed E-state index contributed by atoms with van der Waals surface area (Å²) in [6, 6.07) is 6.71. The molecule has 0 unspecified atom stereocenters. The van der Waals surface area contributed by atoms with E-state index in [1.165, 1.54) is 22.6 Å². The fraction of sp³-hybridized carbons (Fsp3) is 0.375. The Morgan fingerprint density at radius 2 is 1.91 bits per heavy atom. The minimum absolute atomic E-state index is 0.0719. The van der Waals surface area contributed by atoms with Crippen molar-refractivity contribution in [3.05, 3.63) is 59.5 Å². The first kappa shape index (κ1) is 21.5. The molecule has 5 rings (SSSR count). The normalized spacial score (nSPS) is 21.0. The van der Waals surface area contributed by atoms with Crippen molar-refractivity contribution < 1.29 is 4.79 Å². The molecule has 2 aromatic rings. The summed E-state index contributed by atoms with van der Waals surface area (Å²) in [6.07, 6.45) is 7.16. The largest absolute Gasteiger partial charge is 0.384 e. The Hall–Kier alpha value is -2.39. The molecule has 5 nitrogen and oxygen atoms in total. The van der Waals surface area contributed by atoms with E-state index in [-0.39, 0.29) is 5.78 Å². The predicted octanol–water partition coefficient (Wildman–Crippen LogP) is 6.02. The first-order chi connectivity index (χ1) is 15.5. The molecule has 0 amide bonds. The van der Waals surface area contributed by atoms with Gasteiger partial charge in [-0.05, 0) is 66.1 Å². The molecule has 8 heteroatoms. The summed E-state index contributed by atoms with van der Waals surface area (Å²) in [4.78, 5) is 17.3. The van der Waals surface area contributed by atoms with Crippen LogP contribution < -0.4 is 10.6 Å². The molecule has 1 aliphatic heterocycles. The van der Waals surface area contributed by atoms with E-state index in [9.17, 15) is 15.3 Å². The van der Waals surface area contributed by atoms with Crippen LogP contribution in [0.25, 0.3) is 0 Å². The maximum atomic E-state index is 13.2. The lowest BCUT2D eigenvalue weighted by atomic mass is 9.78. The molecule has 2 N–H and O–H groups in total. The number of hydrogen-bond acceptors (Lipinski definition) is 7. The van der Waals surface area contributed by atoms with Gasteiger partial charge in [-0.15, -0.1) is 22.7 Å². The van der Waals surface area contributed by atoms with Gasteiger partial charge in [-0.25, -0.2) is 0 Å². The quantitative estimate of drug-likeness (QED) is 0.484. The van der Waals surface area contributed by atoms with Crippen molar-refractivity contribution in [2.75, 3.05) is 4.90 Å². The molecule has 0 aromatic carbocycles. The molecule has 32 heavy (non-hydrogen) atoms. The maximum Gasteiger partial charge on any atom is 0.161 e. The second-order valence-electron chi connectivity index (χ2n) is 8.34. The third-order valence-corrected chi connectivity index (χ3v) is 9.54. The van der Waals surface area contributed by atoms with Gasteiger partial charge in [-0.2, -0.15) is 10.5 Å². The fourth-order valence-electron chi connectivity index (χ4n) is 5.08. The lowest BCUT2D eigenvalue weighted by Gasteiger charge is -2.38. The Morgan fingerprint density at radius 3 is 2.62 bits per heavy atom. The summed E-state index contributed by atoms with van der Waals surface area (Å²) in [5.41, 5.74) is 10.4. The third-order valence-electron chi connectivity index (χ3n) is 6.50. The van der Waals surface area contributed by atoms with E-state index in [2.05, 4.69) is 28.1 Å². The van der Waals surface area contributed by atoms with Gasteiger partial charge in [-0.1, -0.05) is 6.42 Å². The monoisotopic (exact) mass is 524 g/mol. The zero-order valence-corrected chi connectivity index (χ0v) is 20.6. The molecule has 0 saturated heterocycles. The highest BCUT2D eigenvalue weighted by molar-refractivity contribution is 9.10. The number of fused-ring (bicyclic) bond motifs is 1. The van der Waals surface area contributed by atoms with Gasteiger partial charge in [0.1, 0.15) is 16.9 Å². The Bertz CT molecular complexity index is 1270. The van der Waals surface area contributed by atoms with E-state index >= 15 is 0 Å². The number of thiophene rings is 2. The van der Waals surface area contributed by atoms with Crippen molar-refractivity contribution in [3.63, 3.8) is 0 Å². The smallest absolute Gasteiger partial charge is 0.161 e. The fourth-order valence-corrected chi connectivity index (χ4v) is 8.02. The number of aryl methyl sites for hydroxylation is 1. The minimum atomic E-state index is -0.446. The Balaban J connectivity index is 1.75.